The molecule has 0 saturated heterocycles. The first kappa shape index (κ1) is 39.2. The number of hydrogen-bond acceptors (Lipinski definition) is 3. The minimum Gasteiger partial charge on any atom is -0.550 e. The molecular weight excluding hydrogens is 469 g/mol. The first-order valence-electron chi connectivity index (χ1n) is 16.1. The number of carbonyl (C=O) groups excluding carboxylic acids is 1. The average Bonchev–Trinajstić information content (AvgIpc) is 2.84. The summed E-state index contributed by atoms with van der Waals surface area (Å²) in [6, 6.07) is 0. The summed E-state index contributed by atoms with van der Waals surface area (Å²) < 4.78 is 0. The van der Waals surface area contributed by atoms with E-state index in [0.29, 0.717) is 0 Å². The van der Waals surface area contributed by atoms with Gasteiger partial charge in [-0.1, -0.05) is 155 Å². The molecule has 0 aliphatic rings. The fourth-order valence-corrected chi connectivity index (χ4v) is 5.14. The molecule has 4 heteroatoms. The Morgan fingerprint density at radius 2 is 0.694 bits per heavy atom. The van der Waals surface area contributed by atoms with Crippen LogP contribution in [0.4, 0.5) is 0 Å². The molecule has 210 valence electrons. The van der Waals surface area contributed by atoms with Gasteiger partial charge < -0.3 is 14.8 Å². The van der Waals surface area contributed by atoms with E-state index in [0.717, 1.165) is 26.1 Å². The van der Waals surface area contributed by atoms with Crippen molar-refractivity contribution in [3.8, 4) is 0 Å². The van der Waals surface area contributed by atoms with Gasteiger partial charge in [0.25, 0.3) is 0 Å². The van der Waals surface area contributed by atoms with Gasteiger partial charge >= 0.3 is 51.4 Å². The second kappa shape index (κ2) is 34.1. The summed E-state index contributed by atoms with van der Waals surface area (Å²) in [7, 11) is 0. The zero-order valence-corrected chi connectivity index (χ0v) is 28.4. The van der Waals surface area contributed by atoms with Crippen molar-refractivity contribution in [1.29, 1.82) is 0 Å². The molecule has 0 aromatic rings. The Balaban J connectivity index is 0. The predicted octanol–water partition coefficient (Wildman–Crippen LogP) is 6.22. The van der Waals surface area contributed by atoms with Crippen molar-refractivity contribution in [2.24, 2.45) is 0 Å². The van der Waals surface area contributed by atoms with Gasteiger partial charge in [0.2, 0.25) is 0 Å². The number of unbranched alkanes of at least 4 members (excludes halogenated alkanes) is 22. The molecule has 0 rings (SSSR count). The van der Waals surface area contributed by atoms with Crippen LogP contribution in [0.5, 0.6) is 0 Å². The Labute approximate surface area is 270 Å². The standard InChI is InChI=1S/C32H65NO2.K/c1-3-5-7-9-11-13-15-17-19-21-23-25-29-33(31-27-28-32(34)35)30-26-24-22-20-18-16-14-12-10-8-6-4-2;/h3-31H2,1-2H3,(H,34,35);/q;+1/p-1. The molecule has 0 heterocycles. The van der Waals surface area contributed by atoms with Gasteiger partial charge in [0.1, 0.15) is 0 Å². The summed E-state index contributed by atoms with van der Waals surface area (Å²) in [6.07, 6.45) is 34.2. The van der Waals surface area contributed by atoms with Gasteiger partial charge in [0.15, 0.2) is 0 Å². The van der Waals surface area contributed by atoms with E-state index in [2.05, 4.69) is 18.7 Å². The molecule has 0 aromatic heterocycles. The number of nitrogens with zero attached hydrogens (tertiary/aromatic N) is 1. The van der Waals surface area contributed by atoms with Crippen LogP contribution in [0.3, 0.4) is 0 Å². The van der Waals surface area contributed by atoms with Crippen LogP contribution in [0, 0.1) is 0 Å². The average molecular weight is 534 g/mol. The van der Waals surface area contributed by atoms with Gasteiger partial charge in [-0.15, -0.1) is 0 Å². The maximum atomic E-state index is 10.8. The van der Waals surface area contributed by atoms with Gasteiger partial charge in [0, 0.05) is 5.97 Å². The van der Waals surface area contributed by atoms with E-state index in [1.165, 1.54) is 154 Å². The second-order valence-electron chi connectivity index (χ2n) is 11.1. The van der Waals surface area contributed by atoms with Crippen LogP contribution in [-0.2, 0) is 4.79 Å². The van der Waals surface area contributed by atoms with E-state index in [-0.39, 0.29) is 57.8 Å². The molecule has 0 saturated carbocycles. The molecule has 0 aliphatic heterocycles. The van der Waals surface area contributed by atoms with Crippen LogP contribution in [0.2, 0.25) is 0 Å². The number of aliphatic carboxylic acids is 1. The van der Waals surface area contributed by atoms with Gasteiger partial charge in [-0.25, -0.2) is 0 Å². The van der Waals surface area contributed by atoms with Crippen molar-refractivity contribution < 1.29 is 61.3 Å². The molecule has 0 amide bonds. The Bertz CT molecular complexity index is 391. The second-order valence-corrected chi connectivity index (χ2v) is 11.1. The number of carbonyl (C=O) groups is 1. The monoisotopic (exact) mass is 533 g/mol. The number of rotatable bonds is 30. The molecule has 0 atom stereocenters. The zero-order chi connectivity index (χ0) is 25.7. The quantitative estimate of drug-likeness (QED) is 0.0812. The third-order valence-corrected chi connectivity index (χ3v) is 7.51. The van der Waals surface area contributed by atoms with Crippen molar-refractivity contribution in [3.05, 3.63) is 0 Å². The molecule has 0 aromatic carbocycles. The first-order chi connectivity index (χ1) is 17.2. The molecule has 0 spiro atoms. The van der Waals surface area contributed by atoms with Crippen molar-refractivity contribution in [3.63, 3.8) is 0 Å². The summed E-state index contributed by atoms with van der Waals surface area (Å²) in [5, 5.41) is 10.8. The van der Waals surface area contributed by atoms with E-state index in [9.17, 15) is 9.90 Å². The molecule has 3 nitrogen and oxygen atoms in total. The third kappa shape index (κ3) is 33.1. The molecule has 0 N–H and O–H groups in total. The SMILES string of the molecule is CCCCCCCCCCCCCCN(CCCCCCCCCCCCCC)CCCC(=O)[O-].[K+]. The van der Waals surface area contributed by atoms with Crippen molar-refractivity contribution in [1.82, 2.24) is 4.90 Å². The zero-order valence-electron chi connectivity index (χ0n) is 25.3. The van der Waals surface area contributed by atoms with E-state index in [1.807, 2.05) is 0 Å². The largest absolute Gasteiger partial charge is 1.00 e. The molecule has 0 radical (unpaired) electrons. The Hall–Kier alpha value is 1.07. The number of carboxylic acids is 1. The van der Waals surface area contributed by atoms with E-state index < -0.39 is 5.97 Å². The van der Waals surface area contributed by atoms with Crippen molar-refractivity contribution >= 4 is 5.97 Å². The van der Waals surface area contributed by atoms with E-state index >= 15 is 0 Å². The van der Waals surface area contributed by atoms with Gasteiger partial charge in [-0.05, 0) is 45.3 Å². The summed E-state index contributed by atoms with van der Waals surface area (Å²) in [5.41, 5.74) is 0. The number of carboxylic acid groups (broad SMARTS) is 1. The van der Waals surface area contributed by atoms with Crippen LogP contribution in [0.25, 0.3) is 0 Å². The maximum absolute atomic E-state index is 10.8. The van der Waals surface area contributed by atoms with Crippen LogP contribution >= 0.6 is 0 Å². The molecule has 0 unspecified atom stereocenters. The molecule has 36 heavy (non-hydrogen) atoms. The smallest absolute Gasteiger partial charge is 0.550 e. The third-order valence-electron chi connectivity index (χ3n) is 7.51. The first-order valence-corrected chi connectivity index (χ1v) is 16.1. The molecule has 0 bridgehead atoms. The van der Waals surface area contributed by atoms with Gasteiger partial charge in [-0.2, -0.15) is 0 Å². The van der Waals surface area contributed by atoms with Crippen molar-refractivity contribution in [2.75, 3.05) is 19.6 Å². The fourth-order valence-electron chi connectivity index (χ4n) is 5.14. The van der Waals surface area contributed by atoms with Gasteiger partial charge in [-0.3, -0.25) is 0 Å². The molecule has 0 aliphatic carbocycles. The normalized spacial score (nSPS) is 11.2. The Morgan fingerprint density at radius 3 is 0.972 bits per heavy atom. The van der Waals surface area contributed by atoms with Crippen LogP contribution in [0.15, 0.2) is 0 Å². The topological polar surface area (TPSA) is 43.4 Å². The van der Waals surface area contributed by atoms with Crippen LogP contribution in [-0.4, -0.2) is 30.5 Å². The summed E-state index contributed by atoms with van der Waals surface area (Å²) in [5.74, 6) is -0.902. The summed E-state index contributed by atoms with van der Waals surface area (Å²) in [4.78, 5) is 13.3. The molecular formula is C32H64KNO2. The summed E-state index contributed by atoms with van der Waals surface area (Å²) in [6.45, 7) is 7.77. The summed E-state index contributed by atoms with van der Waals surface area (Å²) >= 11 is 0. The Morgan fingerprint density at radius 1 is 0.444 bits per heavy atom. The minimum atomic E-state index is -0.902. The fraction of sp³-hybridized carbons (Fsp3) is 0.969. The Kier molecular flexibility index (Phi) is 37.1. The molecule has 0 fully saturated rings. The van der Waals surface area contributed by atoms with E-state index in [1.54, 1.807) is 0 Å². The minimum absolute atomic E-state index is 0. The van der Waals surface area contributed by atoms with E-state index in [4.69, 9.17) is 0 Å². The predicted molar refractivity (Wildman–Crippen MR) is 153 cm³/mol. The van der Waals surface area contributed by atoms with Gasteiger partial charge in [0.05, 0.1) is 0 Å². The number of hydrogen-bond donors (Lipinski definition) is 0. The van der Waals surface area contributed by atoms with Crippen LogP contribution < -0.4 is 56.5 Å². The maximum Gasteiger partial charge on any atom is 1.00 e. The van der Waals surface area contributed by atoms with Crippen molar-refractivity contribution in [2.45, 2.75) is 181 Å². The van der Waals surface area contributed by atoms with Crippen LogP contribution in [0.1, 0.15) is 181 Å².